The normalized spacial score (nSPS) is 11.0. The molecule has 0 bridgehead atoms. The number of hydrogen-bond acceptors (Lipinski definition) is 4. The van der Waals surface area contributed by atoms with Gasteiger partial charge in [-0.25, -0.2) is 0 Å². The molecule has 2 heterocycles. The molecule has 0 saturated carbocycles. The lowest BCUT2D eigenvalue weighted by Crippen LogP contribution is -1.97. The number of fused-ring (bicyclic) bond motifs is 1. The van der Waals surface area contributed by atoms with E-state index in [-0.39, 0.29) is 6.42 Å². The lowest BCUT2D eigenvalue weighted by atomic mass is 10.0. The summed E-state index contributed by atoms with van der Waals surface area (Å²) < 4.78 is 16.6. The van der Waals surface area contributed by atoms with Gasteiger partial charge in [0, 0.05) is 17.4 Å². The molecule has 23 heavy (non-hydrogen) atoms. The number of rotatable bonds is 7. The van der Waals surface area contributed by atoms with E-state index < -0.39 is 5.97 Å². The number of ether oxygens (including phenoxy) is 1. The average Bonchev–Trinajstić information content (AvgIpc) is 3.15. The molecule has 0 spiro atoms. The van der Waals surface area contributed by atoms with Crippen LogP contribution in [0.15, 0.2) is 45.4 Å². The fourth-order valence-corrected chi connectivity index (χ4v) is 2.71. The Kier molecular flexibility index (Phi) is 4.37. The highest BCUT2D eigenvalue weighted by atomic mass is 16.5. The van der Waals surface area contributed by atoms with E-state index in [1.54, 1.807) is 13.4 Å². The Bertz CT molecular complexity index is 798. The summed E-state index contributed by atoms with van der Waals surface area (Å²) in [6, 6.07) is 9.39. The molecule has 0 aliphatic carbocycles. The van der Waals surface area contributed by atoms with Gasteiger partial charge in [0.25, 0.3) is 0 Å². The van der Waals surface area contributed by atoms with Gasteiger partial charge in [-0.3, -0.25) is 4.79 Å². The molecule has 3 rings (SSSR count). The van der Waals surface area contributed by atoms with E-state index in [0.29, 0.717) is 19.3 Å². The maximum Gasteiger partial charge on any atom is 0.303 e. The van der Waals surface area contributed by atoms with E-state index in [2.05, 4.69) is 0 Å². The topological polar surface area (TPSA) is 72.8 Å². The van der Waals surface area contributed by atoms with Gasteiger partial charge in [0.1, 0.15) is 22.9 Å². The van der Waals surface area contributed by atoms with Gasteiger partial charge >= 0.3 is 5.97 Å². The predicted octanol–water partition coefficient (Wildman–Crippen LogP) is 4.03. The first kappa shape index (κ1) is 15.2. The lowest BCUT2D eigenvalue weighted by molar-refractivity contribution is -0.137. The highest BCUT2D eigenvalue weighted by Crippen LogP contribution is 2.32. The number of furan rings is 2. The Labute approximate surface area is 133 Å². The van der Waals surface area contributed by atoms with Crippen LogP contribution in [0.2, 0.25) is 0 Å². The summed E-state index contributed by atoms with van der Waals surface area (Å²) in [5, 5.41) is 9.82. The summed E-state index contributed by atoms with van der Waals surface area (Å²) in [5.41, 5.74) is 1.80. The Morgan fingerprint density at radius 1 is 1.30 bits per heavy atom. The molecule has 5 nitrogen and oxygen atoms in total. The van der Waals surface area contributed by atoms with Crippen LogP contribution in [0.3, 0.4) is 0 Å². The first-order valence-corrected chi connectivity index (χ1v) is 7.50. The molecule has 0 unspecified atom stereocenters. The monoisotopic (exact) mass is 314 g/mol. The van der Waals surface area contributed by atoms with Crippen LogP contribution in [-0.2, 0) is 17.6 Å². The number of aryl methyl sites for hydroxylation is 1. The van der Waals surface area contributed by atoms with Crippen molar-refractivity contribution in [3.05, 3.63) is 53.7 Å². The average molecular weight is 314 g/mol. The highest BCUT2D eigenvalue weighted by molar-refractivity contribution is 5.84. The van der Waals surface area contributed by atoms with Gasteiger partial charge in [-0.15, -0.1) is 0 Å². The third-order valence-electron chi connectivity index (χ3n) is 3.81. The van der Waals surface area contributed by atoms with Crippen LogP contribution in [0.5, 0.6) is 5.75 Å². The van der Waals surface area contributed by atoms with Crippen molar-refractivity contribution in [3.8, 4) is 5.75 Å². The van der Waals surface area contributed by atoms with Crippen molar-refractivity contribution in [3.63, 3.8) is 0 Å². The minimum absolute atomic E-state index is 0.136. The first-order chi connectivity index (χ1) is 11.2. The van der Waals surface area contributed by atoms with Crippen LogP contribution in [0, 0.1) is 0 Å². The number of benzene rings is 1. The van der Waals surface area contributed by atoms with E-state index in [1.807, 2.05) is 30.3 Å². The summed E-state index contributed by atoms with van der Waals surface area (Å²) in [6.45, 7) is 0. The fourth-order valence-electron chi connectivity index (χ4n) is 2.71. The fraction of sp³-hybridized carbons (Fsp3) is 0.278. The van der Waals surface area contributed by atoms with Crippen molar-refractivity contribution in [1.82, 2.24) is 0 Å². The molecular weight excluding hydrogens is 296 g/mol. The van der Waals surface area contributed by atoms with Gasteiger partial charge < -0.3 is 18.7 Å². The van der Waals surface area contributed by atoms with Crippen molar-refractivity contribution in [2.45, 2.75) is 25.7 Å². The van der Waals surface area contributed by atoms with Crippen LogP contribution >= 0.6 is 0 Å². The van der Waals surface area contributed by atoms with Gasteiger partial charge in [-0.1, -0.05) is 0 Å². The molecule has 0 aliphatic rings. The second-order valence-corrected chi connectivity index (χ2v) is 5.37. The van der Waals surface area contributed by atoms with Crippen LogP contribution in [-0.4, -0.2) is 18.2 Å². The summed E-state index contributed by atoms with van der Waals surface area (Å²) in [6.07, 6.45) is 3.52. The third kappa shape index (κ3) is 3.39. The maximum atomic E-state index is 10.8. The number of carbonyl (C=O) groups is 1. The zero-order valence-electron chi connectivity index (χ0n) is 12.9. The zero-order valence-corrected chi connectivity index (χ0v) is 12.9. The van der Waals surface area contributed by atoms with Crippen molar-refractivity contribution >= 4 is 16.9 Å². The summed E-state index contributed by atoms with van der Waals surface area (Å²) in [5.74, 6) is 1.59. The largest absolute Gasteiger partial charge is 0.497 e. The second-order valence-electron chi connectivity index (χ2n) is 5.37. The molecule has 0 atom stereocenters. The maximum absolute atomic E-state index is 10.8. The summed E-state index contributed by atoms with van der Waals surface area (Å²) in [7, 11) is 1.62. The quantitative estimate of drug-likeness (QED) is 0.712. The highest BCUT2D eigenvalue weighted by Gasteiger charge is 2.16. The van der Waals surface area contributed by atoms with E-state index >= 15 is 0 Å². The molecule has 0 saturated heterocycles. The Morgan fingerprint density at radius 2 is 2.17 bits per heavy atom. The van der Waals surface area contributed by atoms with Gasteiger partial charge in [0.2, 0.25) is 0 Å². The van der Waals surface area contributed by atoms with Crippen LogP contribution in [0.25, 0.3) is 11.0 Å². The number of aliphatic carboxylic acids is 1. The van der Waals surface area contributed by atoms with Crippen LogP contribution in [0.1, 0.15) is 29.9 Å². The molecule has 3 aromatic rings. The number of methoxy groups -OCH3 is 1. The lowest BCUT2D eigenvalue weighted by Gasteiger charge is -2.02. The van der Waals surface area contributed by atoms with Crippen LogP contribution in [0.4, 0.5) is 0 Å². The Morgan fingerprint density at radius 3 is 2.87 bits per heavy atom. The molecule has 2 aromatic heterocycles. The Balaban J connectivity index is 1.96. The van der Waals surface area contributed by atoms with Crippen LogP contribution < -0.4 is 4.74 Å². The molecule has 1 N–H and O–H groups in total. The van der Waals surface area contributed by atoms with E-state index in [9.17, 15) is 4.79 Å². The molecule has 5 heteroatoms. The van der Waals surface area contributed by atoms with Crippen molar-refractivity contribution < 1.29 is 23.5 Å². The van der Waals surface area contributed by atoms with Crippen molar-refractivity contribution in [1.29, 1.82) is 0 Å². The summed E-state index contributed by atoms with van der Waals surface area (Å²) in [4.78, 5) is 10.8. The van der Waals surface area contributed by atoms with Gasteiger partial charge in [0.15, 0.2) is 0 Å². The number of carboxylic acids is 1. The minimum atomic E-state index is -0.789. The minimum Gasteiger partial charge on any atom is -0.497 e. The third-order valence-corrected chi connectivity index (χ3v) is 3.81. The van der Waals surface area contributed by atoms with Gasteiger partial charge in [0.05, 0.1) is 19.8 Å². The van der Waals surface area contributed by atoms with E-state index in [4.69, 9.17) is 18.7 Å². The molecule has 0 fully saturated rings. The number of hydrogen-bond donors (Lipinski definition) is 1. The molecular formula is C18H18O5. The first-order valence-electron chi connectivity index (χ1n) is 7.50. The zero-order chi connectivity index (χ0) is 16.2. The standard InChI is InChI=1S/C18H18O5/c1-21-12-7-8-16-15(10-12)14(5-2-6-18(19)20)17(23-16)11-13-4-3-9-22-13/h3-4,7-10H,2,5-6,11H2,1H3,(H,19,20). The molecule has 120 valence electrons. The molecule has 0 amide bonds. The smallest absolute Gasteiger partial charge is 0.303 e. The molecule has 0 radical (unpaired) electrons. The van der Waals surface area contributed by atoms with Gasteiger partial charge in [-0.2, -0.15) is 0 Å². The summed E-state index contributed by atoms with van der Waals surface area (Å²) >= 11 is 0. The Hall–Kier alpha value is -2.69. The molecule has 1 aromatic carbocycles. The van der Waals surface area contributed by atoms with Crippen molar-refractivity contribution in [2.75, 3.05) is 7.11 Å². The van der Waals surface area contributed by atoms with E-state index in [0.717, 1.165) is 33.8 Å². The number of carboxylic acid groups (broad SMARTS) is 1. The van der Waals surface area contributed by atoms with E-state index in [1.165, 1.54) is 0 Å². The molecule has 0 aliphatic heterocycles. The van der Waals surface area contributed by atoms with Gasteiger partial charge in [-0.05, 0) is 43.2 Å². The van der Waals surface area contributed by atoms with Crippen molar-refractivity contribution in [2.24, 2.45) is 0 Å². The predicted molar refractivity (Wildman–Crippen MR) is 84.9 cm³/mol. The SMILES string of the molecule is COc1ccc2oc(Cc3ccco3)c(CCCC(=O)O)c2c1. The second kappa shape index (κ2) is 6.60.